The van der Waals surface area contributed by atoms with Crippen molar-refractivity contribution < 1.29 is 4.74 Å². The van der Waals surface area contributed by atoms with Gasteiger partial charge < -0.3 is 4.74 Å². The normalized spacial score (nSPS) is 20.9. The van der Waals surface area contributed by atoms with Gasteiger partial charge in [-0.2, -0.15) is 0 Å². The van der Waals surface area contributed by atoms with Crippen LogP contribution >= 0.6 is 0 Å². The first-order valence-corrected chi connectivity index (χ1v) is 5.60. The van der Waals surface area contributed by atoms with Crippen LogP contribution in [0.15, 0.2) is 35.9 Å². The molecule has 0 amide bonds. The SMILES string of the molecule is COc1ccccc1C1CC=C(C)CC1. The fraction of sp³-hybridized carbons (Fsp3) is 0.429. The minimum Gasteiger partial charge on any atom is -0.496 e. The largest absolute Gasteiger partial charge is 0.496 e. The quantitative estimate of drug-likeness (QED) is 0.661. The van der Waals surface area contributed by atoms with Crippen molar-refractivity contribution in [2.45, 2.75) is 32.1 Å². The van der Waals surface area contributed by atoms with Crippen LogP contribution in [0.1, 0.15) is 37.7 Å². The van der Waals surface area contributed by atoms with Gasteiger partial charge in [-0.05, 0) is 43.7 Å². The van der Waals surface area contributed by atoms with Crippen LogP contribution in [0.25, 0.3) is 0 Å². The van der Waals surface area contributed by atoms with Crippen LogP contribution in [-0.4, -0.2) is 7.11 Å². The molecule has 1 aromatic rings. The van der Waals surface area contributed by atoms with Crippen LogP contribution in [0.3, 0.4) is 0 Å². The molecule has 0 heterocycles. The number of methoxy groups -OCH3 is 1. The number of ether oxygens (including phenoxy) is 1. The number of benzene rings is 1. The second kappa shape index (κ2) is 4.52. The van der Waals surface area contributed by atoms with Gasteiger partial charge in [0.15, 0.2) is 0 Å². The van der Waals surface area contributed by atoms with Gasteiger partial charge in [0.1, 0.15) is 5.75 Å². The van der Waals surface area contributed by atoms with E-state index in [1.54, 1.807) is 7.11 Å². The highest BCUT2D eigenvalue weighted by Gasteiger charge is 2.17. The van der Waals surface area contributed by atoms with Gasteiger partial charge in [-0.25, -0.2) is 0 Å². The molecule has 1 nitrogen and oxygen atoms in total. The molecule has 1 aliphatic rings. The summed E-state index contributed by atoms with van der Waals surface area (Å²) >= 11 is 0. The van der Waals surface area contributed by atoms with Crippen LogP contribution in [0, 0.1) is 0 Å². The fourth-order valence-corrected chi connectivity index (χ4v) is 2.25. The molecular formula is C14H18O. The summed E-state index contributed by atoms with van der Waals surface area (Å²) in [5.74, 6) is 1.68. The average molecular weight is 202 g/mol. The van der Waals surface area contributed by atoms with Gasteiger partial charge in [0.25, 0.3) is 0 Å². The van der Waals surface area contributed by atoms with E-state index in [1.807, 2.05) is 6.07 Å². The summed E-state index contributed by atoms with van der Waals surface area (Å²) < 4.78 is 5.40. The molecule has 0 aromatic heterocycles. The molecule has 1 unspecified atom stereocenters. The molecule has 0 N–H and O–H groups in total. The van der Waals surface area contributed by atoms with E-state index in [1.165, 1.54) is 24.0 Å². The van der Waals surface area contributed by atoms with Gasteiger partial charge in [-0.1, -0.05) is 29.8 Å². The first-order valence-electron chi connectivity index (χ1n) is 5.60. The molecule has 1 atom stereocenters. The zero-order valence-electron chi connectivity index (χ0n) is 9.49. The molecule has 0 fully saturated rings. The lowest BCUT2D eigenvalue weighted by Gasteiger charge is -2.22. The van der Waals surface area contributed by atoms with E-state index in [4.69, 9.17) is 4.74 Å². The Bertz CT molecular complexity index is 365. The molecule has 0 saturated carbocycles. The maximum Gasteiger partial charge on any atom is 0.122 e. The van der Waals surface area contributed by atoms with Gasteiger partial charge in [-0.3, -0.25) is 0 Å². The Morgan fingerprint density at radius 2 is 2.07 bits per heavy atom. The number of hydrogen-bond acceptors (Lipinski definition) is 1. The van der Waals surface area contributed by atoms with Crippen molar-refractivity contribution in [3.63, 3.8) is 0 Å². The molecule has 1 aliphatic carbocycles. The smallest absolute Gasteiger partial charge is 0.122 e. The third kappa shape index (κ3) is 2.23. The summed E-state index contributed by atoms with van der Waals surface area (Å²) in [7, 11) is 1.75. The fourth-order valence-electron chi connectivity index (χ4n) is 2.25. The van der Waals surface area contributed by atoms with E-state index in [2.05, 4.69) is 31.2 Å². The summed E-state index contributed by atoms with van der Waals surface area (Å²) in [4.78, 5) is 0. The molecule has 0 spiro atoms. The molecular weight excluding hydrogens is 184 g/mol. The van der Waals surface area contributed by atoms with E-state index in [0.717, 1.165) is 12.2 Å². The Labute approximate surface area is 91.8 Å². The minimum absolute atomic E-state index is 0.643. The molecule has 80 valence electrons. The maximum atomic E-state index is 5.40. The van der Waals surface area contributed by atoms with E-state index in [-0.39, 0.29) is 0 Å². The predicted octanol–water partition coefficient (Wildman–Crippen LogP) is 3.91. The molecule has 0 bridgehead atoms. The highest BCUT2D eigenvalue weighted by atomic mass is 16.5. The van der Waals surface area contributed by atoms with E-state index in [9.17, 15) is 0 Å². The molecule has 0 radical (unpaired) electrons. The summed E-state index contributed by atoms with van der Waals surface area (Å²) in [5, 5.41) is 0. The average Bonchev–Trinajstić information content (AvgIpc) is 2.30. The van der Waals surface area contributed by atoms with Crippen molar-refractivity contribution in [2.75, 3.05) is 7.11 Å². The van der Waals surface area contributed by atoms with Gasteiger partial charge in [0, 0.05) is 0 Å². The maximum absolute atomic E-state index is 5.40. The monoisotopic (exact) mass is 202 g/mol. The molecule has 1 aromatic carbocycles. The van der Waals surface area contributed by atoms with Crippen molar-refractivity contribution in [3.8, 4) is 5.75 Å². The summed E-state index contributed by atoms with van der Waals surface area (Å²) in [6, 6.07) is 8.38. The third-order valence-electron chi connectivity index (χ3n) is 3.22. The van der Waals surface area contributed by atoms with Gasteiger partial charge in [0.05, 0.1) is 7.11 Å². The van der Waals surface area contributed by atoms with Crippen LogP contribution in [-0.2, 0) is 0 Å². The Morgan fingerprint density at radius 1 is 1.27 bits per heavy atom. The number of allylic oxidation sites excluding steroid dienone is 2. The van der Waals surface area contributed by atoms with Crippen LogP contribution in [0.4, 0.5) is 0 Å². The van der Waals surface area contributed by atoms with Crippen molar-refractivity contribution in [1.29, 1.82) is 0 Å². The van der Waals surface area contributed by atoms with Gasteiger partial charge in [-0.15, -0.1) is 0 Å². The standard InChI is InChI=1S/C14H18O/c1-11-7-9-12(10-8-11)13-5-3-4-6-14(13)15-2/h3-7,12H,8-10H2,1-2H3. The lowest BCUT2D eigenvalue weighted by atomic mass is 9.85. The minimum atomic E-state index is 0.643. The first kappa shape index (κ1) is 10.3. The number of hydrogen-bond donors (Lipinski definition) is 0. The Kier molecular flexibility index (Phi) is 3.10. The highest BCUT2D eigenvalue weighted by molar-refractivity contribution is 5.37. The topological polar surface area (TPSA) is 9.23 Å². The highest BCUT2D eigenvalue weighted by Crippen LogP contribution is 2.36. The van der Waals surface area contributed by atoms with Gasteiger partial charge in [0.2, 0.25) is 0 Å². The number of rotatable bonds is 2. The molecule has 2 rings (SSSR count). The van der Waals surface area contributed by atoms with Crippen LogP contribution in [0.2, 0.25) is 0 Å². The van der Waals surface area contributed by atoms with Gasteiger partial charge >= 0.3 is 0 Å². The predicted molar refractivity (Wildman–Crippen MR) is 63.3 cm³/mol. The zero-order valence-corrected chi connectivity index (χ0v) is 9.49. The molecule has 0 aliphatic heterocycles. The van der Waals surface area contributed by atoms with Crippen molar-refractivity contribution in [3.05, 3.63) is 41.5 Å². The van der Waals surface area contributed by atoms with Crippen molar-refractivity contribution in [2.24, 2.45) is 0 Å². The van der Waals surface area contributed by atoms with Crippen LogP contribution in [0.5, 0.6) is 5.75 Å². The Morgan fingerprint density at radius 3 is 2.73 bits per heavy atom. The zero-order chi connectivity index (χ0) is 10.7. The van der Waals surface area contributed by atoms with Crippen molar-refractivity contribution in [1.82, 2.24) is 0 Å². The second-order valence-corrected chi connectivity index (χ2v) is 4.26. The molecule has 1 heteroatoms. The summed E-state index contributed by atoms with van der Waals surface area (Å²) in [5.41, 5.74) is 2.89. The van der Waals surface area contributed by atoms with Crippen LogP contribution < -0.4 is 4.74 Å². The third-order valence-corrected chi connectivity index (χ3v) is 3.22. The Hall–Kier alpha value is -1.24. The summed E-state index contributed by atoms with van der Waals surface area (Å²) in [6.07, 6.45) is 6.00. The molecule has 0 saturated heterocycles. The van der Waals surface area contributed by atoms with E-state index < -0.39 is 0 Å². The van der Waals surface area contributed by atoms with E-state index >= 15 is 0 Å². The Balaban J connectivity index is 2.22. The molecule has 15 heavy (non-hydrogen) atoms. The van der Waals surface area contributed by atoms with Crippen molar-refractivity contribution >= 4 is 0 Å². The first-order chi connectivity index (χ1) is 7.31. The lowest BCUT2D eigenvalue weighted by Crippen LogP contribution is -2.04. The van der Waals surface area contributed by atoms with E-state index in [0.29, 0.717) is 5.92 Å². The lowest BCUT2D eigenvalue weighted by molar-refractivity contribution is 0.402. The second-order valence-electron chi connectivity index (χ2n) is 4.26. The number of para-hydroxylation sites is 1. The summed E-state index contributed by atoms with van der Waals surface area (Å²) in [6.45, 7) is 2.22.